The van der Waals surface area contributed by atoms with Crippen LogP contribution in [0.5, 0.6) is 0 Å². The molecule has 0 aliphatic carbocycles. The van der Waals surface area contributed by atoms with E-state index in [2.05, 4.69) is 36.5 Å². The standard InChI is InChI=1S/C11H20N2/c1-4-7-8-13-10(5-2)9-12-11(13)6-3/h9H,4-8H2,1-3H3/p+1. The summed E-state index contributed by atoms with van der Waals surface area (Å²) in [6.45, 7) is 7.83. The molecule has 1 rings (SSSR count). The van der Waals surface area contributed by atoms with Crippen molar-refractivity contribution in [1.82, 2.24) is 4.98 Å². The molecule has 1 N–H and O–H groups in total. The fraction of sp³-hybridized carbons (Fsp3) is 0.727. The zero-order chi connectivity index (χ0) is 9.68. The van der Waals surface area contributed by atoms with Crippen LogP contribution in [0.2, 0.25) is 0 Å². The van der Waals surface area contributed by atoms with E-state index in [9.17, 15) is 0 Å². The second kappa shape index (κ2) is 5.05. The Hall–Kier alpha value is -0.790. The zero-order valence-electron chi connectivity index (χ0n) is 9.06. The minimum absolute atomic E-state index is 1.10. The summed E-state index contributed by atoms with van der Waals surface area (Å²) >= 11 is 0. The van der Waals surface area contributed by atoms with E-state index >= 15 is 0 Å². The summed E-state index contributed by atoms with van der Waals surface area (Å²) in [4.78, 5) is 3.35. The topological polar surface area (TPSA) is 19.7 Å². The summed E-state index contributed by atoms with van der Waals surface area (Å²) in [5, 5.41) is 0. The molecular formula is C11H21N2+. The SMILES string of the molecule is CCCC[n+]1c(CC)c[nH]c1CC. The minimum atomic E-state index is 1.10. The Kier molecular flexibility index (Phi) is 4.00. The molecule has 0 aliphatic heterocycles. The molecule has 1 aromatic heterocycles. The van der Waals surface area contributed by atoms with Crippen LogP contribution in [0.25, 0.3) is 0 Å². The highest BCUT2D eigenvalue weighted by Crippen LogP contribution is 1.98. The van der Waals surface area contributed by atoms with Crippen molar-refractivity contribution in [2.75, 3.05) is 0 Å². The number of aryl methyl sites for hydroxylation is 2. The third-order valence-corrected chi connectivity index (χ3v) is 2.51. The first-order valence-electron chi connectivity index (χ1n) is 5.42. The molecule has 0 atom stereocenters. The largest absolute Gasteiger partial charge is 0.254 e. The smallest absolute Gasteiger partial charge is 0.247 e. The van der Waals surface area contributed by atoms with Gasteiger partial charge in [-0.3, -0.25) is 0 Å². The van der Waals surface area contributed by atoms with Gasteiger partial charge in [-0.2, -0.15) is 0 Å². The van der Waals surface area contributed by atoms with E-state index < -0.39 is 0 Å². The predicted octanol–water partition coefficient (Wildman–Crippen LogP) is 2.23. The van der Waals surface area contributed by atoms with Crippen LogP contribution in [0.1, 0.15) is 45.1 Å². The van der Waals surface area contributed by atoms with E-state index in [4.69, 9.17) is 0 Å². The van der Waals surface area contributed by atoms with Crippen LogP contribution in [0, 0.1) is 0 Å². The van der Waals surface area contributed by atoms with E-state index in [0.29, 0.717) is 0 Å². The van der Waals surface area contributed by atoms with Gasteiger partial charge in [0.15, 0.2) is 0 Å². The Bertz CT molecular complexity index is 229. The molecule has 74 valence electrons. The molecular weight excluding hydrogens is 160 g/mol. The number of nitrogens with one attached hydrogen (secondary N) is 1. The number of aromatic nitrogens is 2. The lowest BCUT2D eigenvalue weighted by atomic mass is 10.3. The van der Waals surface area contributed by atoms with Gasteiger partial charge in [-0.15, -0.1) is 0 Å². The molecule has 0 unspecified atom stereocenters. The van der Waals surface area contributed by atoms with Gasteiger partial charge in [0.25, 0.3) is 5.82 Å². The van der Waals surface area contributed by atoms with Crippen LogP contribution in [0.3, 0.4) is 0 Å². The van der Waals surface area contributed by atoms with Crippen molar-refractivity contribution in [1.29, 1.82) is 0 Å². The lowest BCUT2D eigenvalue weighted by Crippen LogP contribution is -2.39. The lowest BCUT2D eigenvalue weighted by molar-refractivity contribution is -0.709. The second-order valence-corrected chi connectivity index (χ2v) is 3.44. The van der Waals surface area contributed by atoms with Crippen molar-refractivity contribution in [3.05, 3.63) is 17.7 Å². The highest BCUT2D eigenvalue weighted by atomic mass is 15.1. The summed E-state index contributed by atoms with van der Waals surface area (Å²) in [6.07, 6.45) is 6.92. The van der Waals surface area contributed by atoms with Crippen LogP contribution in [-0.4, -0.2) is 4.98 Å². The third-order valence-electron chi connectivity index (χ3n) is 2.51. The molecule has 0 saturated heterocycles. The second-order valence-electron chi connectivity index (χ2n) is 3.44. The van der Waals surface area contributed by atoms with E-state index in [1.54, 1.807) is 0 Å². The molecule has 0 bridgehead atoms. The number of hydrogen-bond acceptors (Lipinski definition) is 0. The first-order chi connectivity index (χ1) is 6.33. The average molecular weight is 181 g/mol. The van der Waals surface area contributed by atoms with E-state index in [-0.39, 0.29) is 0 Å². The quantitative estimate of drug-likeness (QED) is 0.672. The van der Waals surface area contributed by atoms with Crippen molar-refractivity contribution >= 4 is 0 Å². The first kappa shape index (κ1) is 10.3. The molecule has 0 saturated carbocycles. The fourth-order valence-electron chi connectivity index (χ4n) is 1.68. The van der Waals surface area contributed by atoms with Gasteiger partial charge in [0, 0.05) is 12.8 Å². The van der Waals surface area contributed by atoms with Crippen molar-refractivity contribution in [2.24, 2.45) is 0 Å². The number of unbranched alkanes of at least 4 members (excludes halogenated alkanes) is 1. The molecule has 0 radical (unpaired) electrons. The molecule has 0 aromatic carbocycles. The first-order valence-corrected chi connectivity index (χ1v) is 5.42. The van der Waals surface area contributed by atoms with Crippen molar-refractivity contribution < 1.29 is 4.57 Å². The monoisotopic (exact) mass is 181 g/mol. The van der Waals surface area contributed by atoms with E-state index in [1.165, 1.54) is 30.9 Å². The average Bonchev–Trinajstić information content (AvgIpc) is 2.56. The number of rotatable bonds is 5. The Labute approximate surface area is 81.0 Å². The van der Waals surface area contributed by atoms with Crippen LogP contribution < -0.4 is 4.57 Å². The van der Waals surface area contributed by atoms with E-state index in [0.717, 1.165) is 12.8 Å². The van der Waals surface area contributed by atoms with Gasteiger partial charge in [-0.05, 0) is 6.42 Å². The zero-order valence-corrected chi connectivity index (χ0v) is 9.06. The Balaban J connectivity index is 2.78. The molecule has 0 aliphatic rings. The normalized spacial score (nSPS) is 10.7. The molecule has 2 nitrogen and oxygen atoms in total. The maximum Gasteiger partial charge on any atom is 0.254 e. The molecule has 0 spiro atoms. The van der Waals surface area contributed by atoms with E-state index in [1.807, 2.05) is 0 Å². The van der Waals surface area contributed by atoms with Crippen LogP contribution in [0.4, 0.5) is 0 Å². The number of hydrogen-bond donors (Lipinski definition) is 1. The number of aromatic amines is 1. The Morgan fingerprint density at radius 2 is 2.00 bits per heavy atom. The molecule has 0 fully saturated rings. The van der Waals surface area contributed by atoms with Crippen LogP contribution >= 0.6 is 0 Å². The maximum absolute atomic E-state index is 3.35. The van der Waals surface area contributed by atoms with Crippen molar-refractivity contribution in [2.45, 2.75) is 53.0 Å². The van der Waals surface area contributed by atoms with Gasteiger partial charge in [-0.25, -0.2) is 9.55 Å². The molecule has 13 heavy (non-hydrogen) atoms. The Morgan fingerprint density at radius 1 is 1.23 bits per heavy atom. The highest BCUT2D eigenvalue weighted by molar-refractivity contribution is 4.90. The van der Waals surface area contributed by atoms with Gasteiger partial charge in [-0.1, -0.05) is 27.2 Å². The van der Waals surface area contributed by atoms with Gasteiger partial charge >= 0.3 is 0 Å². The predicted molar refractivity (Wildman–Crippen MR) is 54.7 cm³/mol. The van der Waals surface area contributed by atoms with Gasteiger partial charge in [0.1, 0.15) is 11.9 Å². The van der Waals surface area contributed by atoms with Crippen LogP contribution in [-0.2, 0) is 19.4 Å². The maximum atomic E-state index is 3.35. The van der Waals surface area contributed by atoms with Crippen molar-refractivity contribution in [3.8, 4) is 0 Å². The fourth-order valence-corrected chi connectivity index (χ4v) is 1.68. The molecule has 2 heteroatoms. The molecule has 0 amide bonds. The summed E-state index contributed by atoms with van der Waals surface area (Å²) in [5.41, 5.74) is 1.44. The summed E-state index contributed by atoms with van der Waals surface area (Å²) in [5.74, 6) is 1.37. The highest BCUT2D eigenvalue weighted by Gasteiger charge is 2.13. The molecule has 1 aromatic rings. The summed E-state index contributed by atoms with van der Waals surface area (Å²) in [6, 6.07) is 0. The van der Waals surface area contributed by atoms with Gasteiger partial charge < -0.3 is 0 Å². The van der Waals surface area contributed by atoms with Gasteiger partial charge in [0.2, 0.25) is 0 Å². The minimum Gasteiger partial charge on any atom is -0.247 e. The van der Waals surface area contributed by atoms with Crippen LogP contribution in [0.15, 0.2) is 6.20 Å². The third kappa shape index (κ3) is 2.33. The molecule has 1 heterocycles. The lowest BCUT2D eigenvalue weighted by Gasteiger charge is -2.01. The number of imidazole rings is 1. The Morgan fingerprint density at radius 3 is 2.54 bits per heavy atom. The van der Waals surface area contributed by atoms with Crippen molar-refractivity contribution in [3.63, 3.8) is 0 Å². The summed E-state index contributed by atoms with van der Waals surface area (Å²) < 4.78 is 2.43. The van der Waals surface area contributed by atoms with Gasteiger partial charge in [0.05, 0.1) is 6.54 Å². The number of nitrogens with zero attached hydrogens (tertiary/aromatic N) is 1. The summed E-state index contributed by atoms with van der Waals surface area (Å²) in [7, 11) is 0. The number of H-pyrrole nitrogens is 1.